The van der Waals surface area contributed by atoms with Gasteiger partial charge in [-0.2, -0.15) is 0 Å². The van der Waals surface area contributed by atoms with Gasteiger partial charge in [0, 0.05) is 5.56 Å². The summed E-state index contributed by atoms with van der Waals surface area (Å²) in [5.74, 6) is -1.29. The van der Waals surface area contributed by atoms with Crippen LogP contribution in [0.15, 0.2) is 48.5 Å². The van der Waals surface area contributed by atoms with E-state index in [2.05, 4.69) is 5.32 Å². The molecule has 0 radical (unpaired) electrons. The molecule has 5 heteroatoms. The third-order valence-corrected chi connectivity index (χ3v) is 4.47. The minimum Gasteiger partial charge on any atom is -0.456 e. The molecular weight excluding hydrogens is 354 g/mol. The molecule has 2 aromatic rings. The van der Waals surface area contributed by atoms with E-state index < -0.39 is 12.0 Å². The van der Waals surface area contributed by atoms with Crippen LogP contribution in [0.1, 0.15) is 40.9 Å². The minimum absolute atomic E-state index is 0.163. The zero-order valence-corrected chi connectivity index (χ0v) is 16.8. The van der Waals surface area contributed by atoms with Gasteiger partial charge in [0.2, 0.25) is 11.7 Å². The normalized spacial score (nSPS) is 11.8. The summed E-state index contributed by atoms with van der Waals surface area (Å²) in [6.07, 6.45) is 0.179. The maximum atomic E-state index is 12.5. The maximum Gasteiger partial charge on any atom is 0.329 e. The molecule has 1 N–H and O–H groups in total. The number of hydrogen-bond donors (Lipinski definition) is 1. The Morgan fingerprint density at radius 1 is 1.00 bits per heavy atom. The Morgan fingerprint density at radius 2 is 1.68 bits per heavy atom. The smallest absolute Gasteiger partial charge is 0.329 e. The highest BCUT2D eigenvalue weighted by Gasteiger charge is 2.26. The molecular formula is C23H27NO4. The van der Waals surface area contributed by atoms with Crippen molar-refractivity contribution in [2.45, 2.75) is 40.2 Å². The molecule has 0 saturated carbocycles. The summed E-state index contributed by atoms with van der Waals surface area (Å²) in [5.41, 5.74) is 3.30. The van der Waals surface area contributed by atoms with Gasteiger partial charge in [-0.1, -0.05) is 67.9 Å². The third-order valence-electron chi connectivity index (χ3n) is 4.47. The highest BCUT2D eigenvalue weighted by Crippen LogP contribution is 2.12. The van der Waals surface area contributed by atoms with E-state index in [-0.39, 0.29) is 30.6 Å². The first-order chi connectivity index (χ1) is 13.3. The summed E-state index contributed by atoms with van der Waals surface area (Å²) in [6.45, 7) is 7.09. The summed E-state index contributed by atoms with van der Waals surface area (Å²) in [7, 11) is 0. The van der Waals surface area contributed by atoms with Gasteiger partial charge < -0.3 is 10.1 Å². The van der Waals surface area contributed by atoms with Gasteiger partial charge in [-0.05, 0) is 30.9 Å². The summed E-state index contributed by atoms with van der Waals surface area (Å²) >= 11 is 0. The summed E-state index contributed by atoms with van der Waals surface area (Å²) in [6, 6.07) is 14.0. The zero-order valence-electron chi connectivity index (χ0n) is 16.8. The summed E-state index contributed by atoms with van der Waals surface area (Å²) in [4.78, 5) is 37.1. The fourth-order valence-electron chi connectivity index (χ4n) is 2.93. The Hall–Kier alpha value is -2.95. The second kappa shape index (κ2) is 9.83. The molecule has 5 nitrogen and oxygen atoms in total. The molecule has 0 aliphatic carbocycles. The number of ketones is 1. The van der Waals surface area contributed by atoms with Crippen LogP contribution in [-0.4, -0.2) is 30.3 Å². The number of benzene rings is 2. The van der Waals surface area contributed by atoms with Crippen LogP contribution in [0.4, 0.5) is 0 Å². The van der Waals surface area contributed by atoms with Crippen LogP contribution >= 0.6 is 0 Å². The average Bonchev–Trinajstić information content (AvgIpc) is 2.64. The number of ether oxygens (including phenoxy) is 1. The van der Waals surface area contributed by atoms with Gasteiger partial charge in [0.25, 0.3) is 0 Å². The lowest BCUT2D eigenvalue weighted by Gasteiger charge is -2.21. The molecule has 0 aliphatic rings. The first-order valence-corrected chi connectivity index (χ1v) is 9.38. The van der Waals surface area contributed by atoms with Crippen molar-refractivity contribution in [3.8, 4) is 0 Å². The monoisotopic (exact) mass is 381 g/mol. The van der Waals surface area contributed by atoms with E-state index in [9.17, 15) is 14.4 Å². The van der Waals surface area contributed by atoms with Crippen molar-refractivity contribution in [1.82, 2.24) is 5.32 Å². The lowest BCUT2D eigenvalue weighted by molar-refractivity contribution is -0.148. The predicted molar refractivity (Wildman–Crippen MR) is 108 cm³/mol. The summed E-state index contributed by atoms with van der Waals surface area (Å²) in [5, 5.41) is 2.72. The van der Waals surface area contributed by atoms with E-state index in [0.717, 1.165) is 16.7 Å². The third kappa shape index (κ3) is 6.05. The number of nitrogens with one attached hydrogen (secondary N) is 1. The van der Waals surface area contributed by atoms with Gasteiger partial charge in [-0.15, -0.1) is 0 Å². The highest BCUT2D eigenvalue weighted by molar-refractivity contribution is 5.99. The number of rotatable bonds is 8. The van der Waals surface area contributed by atoms with Gasteiger partial charge >= 0.3 is 5.97 Å². The number of esters is 1. The standard InChI is InChI=1S/C23H27NO4/c1-15(2)22(24-21(26)13-18-8-6-5-7-9-18)23(27)28-14-20(25)19-11-10-16(3)12-17(19)4/h5-12,15,22H,13-14H2,1-4H3,(H,24,26)/t22-/m0/s1. The topological polar surface area (TPSA) is 72.5 Å². The molecule has 28 heavy (non-hydrogen) atoms. The molecule has 0 fully saturated rings. The number of Topliss-reactive ketones (excluding diaryl/α,β-unsaturated/α-hetero) is 1. The number of aryl methyl sites for hydroxylation is 2. The van der Waals surface area contributed by atoms with Gasteiger partial charge in [0.15, 0.2) is 6.61 Å². The Morgan fingerprint density at radius 3 is 2.29 bits per heavy atom. The molecule has 0 aliphatic heterocycles. The van der Waals surface area contributed by atoms with Crippen molar-refractivity contribution < 1.29 is 19.1 Å². The van der Waals surface area contributed by atoms with E-state index in [1.807, 2.05) is 70.2 Å². The van der Waals surface area contributed by atoms with E-state index >= 15 is 0 Å². The number of amides is 1. The van der Waals surface area contributed by atoms with Crippen molar-refractivity contribution in [1.29, 1.82) is 0 Å². The Labute approximate surface area is 166 Å². The molecule has 2 rings (SSSR count). The average molecular weight is 381 g/mol. The highest BCUT2D eigenvalue weighted by atomic mass is 16.5. The van der Waals surface area contributed by atoms with Crippen LogP contribution in [0.25, 0.3) is 0 Å². The molecule has 1 amide bonds. The minimum atomic E-state index is -0.803. The lowest BCUT2D eigenvalue weighted by atomic mass is 10.0. The van der Waals surface area contributed by atoms with Crippen molar-refractivity contribution >= 4 is 17.7 Å². The molecule has 2 aromatic carbocycles. The summed E-state index contributed by atoms with van der Waals surface area (Å²) < 4.78 is 5.21. The molecule has 0 unspecified atom stereocenters. The molecule has 0 spiro atoms. The van der Waals surface area contributed by atoms with Crippen LogP contribution < -0.4 is 5.32 Å². The quantitative estimate of drug-likeness (QED) is 0.562. The fourth-order valence-corrected chi connectivity index (χ4v) is 2.93. The fraction of sp³-hybridized carbons (Fsp3) is 0.348. The van der Waals surface area contributed by atoms with Crippen molar-refractivity contribution in [3.63, 3.8) is 0 Å². The van der Waals surface area contributed by atoms with Gasteiger partial charge in [0.05, 0.1) is 6.42 Å². The molecule has 0 bridgehead atoms. The largest absolute Gasteiger partial charge is 0.456 e. The predicted octanol–water partition coefficient (Wildman–Crippen LogP) is 3.41. The van der Waals surface area contributed by atoms with Crippen LogP contribution in [0.5, 0.6) is 0 Å². The van der Waals surface area contributed by atoms with Crippen molar-refractivity contribution in [3.05, 3.63) is 70.8 Å². The second-order valence-electron chi connectivity index (χ2n) is 7.30. The van der Waals surface area contributed by atoms with Crippen LogP contribution in [0, 0.1) is 19.8 Å². The molecule has 0 saturated heterocycles. The van der Waals surface area contributed by atoms with Crippen LogP contribution in [0.2, 0.25) is 0 Å². The number of hydrogen-bond acceptors (Lipinski definition) is 4. The second-order valence-corrected chi connectivity index (χ2v) is 7.30. The van der Waals surface area contributed by atoms with Crippen molar-refractivity contribution in [2.24, 2.45) is 5.92 Å². The number of carbonyl (C=O) groups excluding carboxylic acids is 3. The molecule has 0 heterocycles. The van der Waals surface area contributed by atoms with E-state index in [1.54, 1.807) is 6.07 Å². The first kappa shape index (κ1) is 21.4. The Kier molecular flexibility index (Phi) is 7.50. The molecule has 1 atom stereocenters. The lowest BCUT2D eigenvalue weighted by Crippen LogP contribution is -2.46. The van der Waals surface area contributed by atoms with Gasteiger partial charge in [-0.3, -0.25) is 9.59 Å². The van der Waals surface area contributed by atoms with Crippen LogP contribution in [-0.2, 0) is 20.7 Å². The number of carbonyl (C=O) groups is 3. The van der Waals surface area contributed by atoms with Crippen molar-refractivity contribution in [2.75, 3.05) is 6.61 Å². The van der Waals surface area contributed by atoms with E-state index in [0.29, 0.717) is 5.56 Å². The van der Waals surface area contributed by atoms with E-state index in [4.69, 9.17) is 4.74 Å². The molecule has 148 valence electrons. The first-order valence-electron chi connectivity index (χ1n) is 9.38. The van der Waals surface area contributed by atoms with Gasteiger partial charge in [0.1, 0.15) is 6.04 Å². The van der Waals surface area contributed by atoms with E-state index in [1.165, 1.54) is 0 Å². The maximum absolute atomic E-state index is 12.5. The Balaban J connectivity index is 1.94. The Bertz CT molecular complexity index is 843. The zero-order chi connectivity index (χ0) is 20.7. The van der Waals surface area contributed by atoms with Gasteiger partial charge in [-0.25, -0.2) is 4.79 Å². The SMILES string of the molecule is Cc1ccc(C(=O)COC(=O)[C@@H](NC(=O)Cc2ccccc2)C(C)C)c(C)c1. The van der Waals surface area contributed by atoms with Crippen LogP contribution in [0.3, 0.4) is 0 Å². The molecule has 0 aromatic heterocycles.